The van der Waals surface area contributed by atoms with Gasteiger partial charge in [-0.2, -0.15) is 5.10 Å². The highest BCUT2D eigenvalue weighted by atomic mass is 35.5. The Hall–Kier alpha value is -2.45. The molecule has 1 heterocycles. The predicted octanol–water partition coefficient (Wildman–Crippen LogP) is 3.18. The molecular weight excluding hydrogens is 325 g/mol. The van der Waals surface area contributed by atoms with Gasteiger partial charge < -0.3 is 9.84 Å². The fourth-order valence-corrected chi connectivity index (χ4v) is 1.96. The first-order valence-corrected chi connectivity index (χ1v) is 6.02. The molecule has 0 saturated heterocycles. The fraction of sp³-hybridized carbons (Fsp3) is 0. The first-order valence-electron chi connectivity index (χ1n) is 5.26. The summed E-state index contributed by atoms with van der Waals surface area (Å²) < 4.78 is 5.23. The van der Waals surface area contributed by atoms with Crippen LogP contribution in [0.25, 0.3) is 0 Å². The van der Waals surface area contributed by atoms with E-state index in [0.717, 1.165) is 12.1 Å². The zero-order valence-corrected chi connectivity index (χ0v) is 11.5. The minimum atomic E-state index is -1.28. The number of nitrogens with zero attached hydrogens (tertiary/aromatic N) is 3. The molecule has 21 heavy (non-hydrogen) atoms. The van der Waals surface area contributed by atoms with Crippen molar-refractivity contribution in [2.75, 3.05) is 0 Å². The average molecular weight is 330 g/mol. The summed E-state index contributed by atoms with van der Waals surface area (Å²) in [7, 11) is 0. The molecule has 0 atom stereocenters. The Morgan fingerprint density at radius 3 is 2.48 bits per heavy atom. The van der Waals surface area contributed by atoms with E-state index in [1.807, 2.05) is 0 Å². The number of carbonyl (C=O) groups is 1. The number of ether oxygens (including phenoxy) is 1. The summed E-state index contributed by atoms with van der Waals surface area (Å²) in [5.74, 6) is -1.76. The largest absolute Gasteiger partial charge is 0.477 e. The van der Waals surface area contributed by atoms with Crippen LogP contribution in [0.1, 0.15) is 10.4 Å². The van der Waals surface area contributed by atoms with Crippen LogP contribution in [0.15, 0.2) is 24.4 Å². The number of benzene rings is 1. The van der Waals surface area contributed by atoms with Crippen LogP contribution in [0.3, 0.4) is 0 Å². The quantitative estimate of drug-likeness (QED) is 0.676. The zero-order valence-electron chi connectivity index (χ0n) is 9.99. The maximum Gasteiger partial charge on any atom is 0.341 e. The van der Waals surface area contributed by atoms with Gasteiger partial charge in [0.15, 0.2) is 5.75 Å². The van der Waals surface area contributed by atoms with Gasteiger partial charge in [-0.05, 0) is 6.07 Å². The van der Waals surface area contributed by atoms with E-state index < -0.39 is 10.9 Å². The molecule has 0 radical (unpaired) electrons. The van der Waals surface area contributed by atoms with Crippen LogP contribution < -0.4 is 4.74 Å². The smallest absolute Gasteiger partial charge is 0.341 e. The summed E-state index contributed by atoms with van der Waals surface area (Å²) in [6, 6.07) is 3.23. The van der Waals surface area contributed by atoms with Crippen LogP contribution in [0.4, 0.5) is 5.69 Å². The monoisotopic (exact) mass is 329 g/mol. The topological polar surface area (TPSA) is 115 Å². The van der Waals surface area contributed by atoms with Crippen molar-refractivity contribution in [2.24, 2.45) is 0 Å². The fourth-order valence-electron chi connectivity index (χ4n) is 1.40. The van der Waals surface area contributed by atoms with Crippen molar-refractivity contribution in [1.29, 1.82) is 0 Å². The van der Waals surface area contributed by atoms with Crippen LogP contribution in [-0.2, 0) is 0 Å². The predicted molar refractivity (Wildman–Crippen MR) is 72.2 cm³/mol. The summed E-state index contributed by atoms with van der Waals surface area (Å²) >= 11 is 11.7. The summed E-state index contributed by atoms with van der Waals surface area (Å²) in [5, 5.41) is 26.4. The van der Waals surface area contributed by atoms with Gasteiger partial charge in [0.05, 0.1) is 21.2 Å². The van der Waals surface area contributed by atoms with E-state index in [2.05, 4.69) is 10.2 Å². The van der Waals surface area contributed by atoms with Gasteiger partial charge in [0.25, 0.3) is 11.6 Å². The number of rotatable bonds is 4. The van der Waals surface area contributed by atoms with E-state index >= 15 is 0 Å². The van der Waals surface area contributed by atoms with Crippen molar-refractivity contribution in [3.05, 3.63) is 50.1 Å². The van der Waals surface area contributed by atoms with Crippen molar-refractivity contribution in [1.82, 2.24) is 10.2 Å². The van der Waals surface area contributed by atoms with Crippen LogP contribution in [0.2, 0.25) is 10.0 Å². The normalized spacial score (nSPS) is 10.2. The van der Waals surface area contributed by atoms with Gasteiger partial charge in [-0.25, -0.2) is 4.79 Å². The van der Waals surface area contributed by atoms with Gasteiger partial charge in [-0.15, -0.1) is 5.10 Å². The highest BCUT2D eigenvalue weighted by Gasteiger charge is 2.20. The third-order valence-corrected chi connectivity index (χ3v) is 2.87. The number of halogens is 2. The Labute approximate surface area is 127 Å². The molecule has 0 aliphatic rings. The number of nitro benzene ring substituents is 1. The summed E-state index contributed by atoms with van der Waals surface area (Å²) in [5.41, 5.74) is -0.578. The number of hydrogen-bond donors (Lipinski definition) is 1. The molecule has 8 nitrogen and oxygen atoms in total. The van der Waals surface area contributed by atoms with Crippen LogP contribution in [-0.4, -0.2) is 26.2 Å². The number of aromatic nitrogens is 2. The molecule has 0 aliphatic carbocycles. The van der Waals surface area contributed by atoms with Gasteiger partial charge >= 0.3 is 5.97 Å². The molecule has 0 saturated carbocycles. The second-order valence-electron chi connectivity index (χ2n) is 3.65. The highest BCUT2D eigenvalue weighted by molar-refractivity contribution is 6.37. The SMILES string of the molecule is O=C(O)c1ccnnc1Oc1c(Cl)cc([N+](=O)[O-])cc1Cl. The lowest BCUT2D eigenvalue weighted by molar-refractivity contribution is -0.384. The summed E-state index contributed by atoms with van der Waals surface area (Å²) in [4.78, 5) is 21.0. The highest BCUT2D eigenvalue weighted by Crippen LogP contribution is 2.39. The third-order valence-electron chi connectivity index (χ3n) is 2.31. The van der Waals surface area contributed by atoms with E-state index in [4.69, 9.17) is 33.0 Å². The van der Waals surface area contributed by atoms with Crippen molar-refractivity contribution < 1.29 is 19.6 Å². The van der Waals surface area contributed by atoms with Crippen LogP contribution >= 0.6 is 23.2 Å². The molecule has 0 amide bonds. The van der Waals surface area contributed by atoms with Gasteiger partial charge in [0, 0.05) is 12.1 Å². The number of aromatic carboxylic acids is 1. The number of nitro groups is 1. The Morgan fingerprint density at radius 2 is 1.95 bits per heavy atom. The minimum absolute atomic E-state index is 0.146. The molecule has 108 valence electrons. The van der Waals surface area contributed by atoms with Gasteiger partial charge in [0.1, 0.15) is 5.56 Å². The molecule has 2 aromatic rings. The van der Waals surface area contributed by atoms with Crippen molar-refractivity contribution >= 4 is 34.9 Å². The van der Waals surface area contributed by atoms with Gasteiger partial charge in [-0.3, -0.25) is 10.1 Å². The Bertz CT molecular complexity index is 715. The summed E-state index contributed by atoms with van der Waals surface area (Å²) in [6.45, 7) is 0. The first kappa shape index (κ1) is 14.9. The number of hydrogen-bond acceptors (Lipinski definition) is 6. The van der Waals surface area contributed by atoms with Gasteiger partial charge in [-0.1, -0.05) is 23.2 Å². The molecule has 2 rings (SSSR count). The van der Waals surface area contributed by atoms with E-state index in [1.54, 1.807) is 0 Å². The Morgan fingerprint density at radius 1 is 1.33 bits per heavy atom. The average Bonchev–Trinajstić information content (AvgIpc) is 2.42. The molecule has 0 aliphatic heterocycles. The second-order valence-corrected chi connectivity index (χ2v) is 4.47. The second kappa shape index (κ2) is 5.90. The van der Waals surface area contributed by atoms with Crippen molar-refractivity contribution in [2.45, 2.75) is 0 Å². The molecule has 0 fully saturated rings. The summed E-state index contributed by atoms with van der Waals surface area (Å²) in [6.07, 6.45) is 1.18. The van der Waals surface area contributed by atoms with E-state index in [0.29, 0.717) is 0 Å². The number of non-ortho nitro benzene ring substituents is 1. The number of carboxylic acid groups (broad SMARTS) is 1. The minimum Gasteiger partial charge on any atom is -0.477 e. The molecule has 0 spiro atoms. The van der Waals surface area contributed by atoms with Crippen LogP contribution in [0.5, 0.6) is 11.6 Å². The third kappa shape index (κ3) is 3.18. The van der Waals surface area contributed by atoms with E-state index in [-0.39, 0.29) is 32.9 Å². The lowest BCUT2D eigenvalue weighted by Crippen LogP contribution is -2.03. The first-order chi connectivity index (χ1) is 9.90. The lowest BCUT2D eigenvalue weighted by atomic mass is 10.3. The number of carboxylic acids is 1. The van der Waals surface area contributed by atoms with E-state index in [1.165, 1.54) is 12.3 Å². The molecule has 1 N–H and O–H groups in total. The molecule has 0 unspecified atom stereocenters. The van der Waals surface area contributed by atoms with E-state index in [9.17, 15) is 14.9 Å². The lowest BCUT2D eigenvalue weighted by Gasteiger charge is -2.09. The zero-order chi connectivity index (χ0) is 15.6. The molecule has 1 aromatic heterocycles. The molecule has 0 bridgehead atoms. The van der Waals surface area contributed by atoms with Crippen LogP contribution in [0, 0.1) is 10.1 Å². The molecular formula is C11H5Cl2N3O5. The Kier molecular flexibility index (Phi) is 4.20. The standard InChI is InChI=1S/C11H5Cl2N3O5/c12-7-3-5(16(19)20)4-8(13)9(7)21-10-6(11(17)18)1-2-14-15-10/h1-4H,(H,17,18). The maximum absolute atomic E-state index is 11.0. The molecule has 1 aromatic carbocycles. The van der Waals surface area contributed by atoms with Crippen molar-refractivity contribution in [3.8, 4) is 11.6 Å². The molecule has 10 heteroatoms. The van der Waals surface area contributed by atoms with Gasteiger partial charge in [0.2, 0.25) is 0 Å². The maximum atomic E-state index is 11.0. The van der Waals surface area contributed by atoms with Crippen molar-refractivity contribution in [3.63, 3.8) is 0 Å². The Balaban J connectivity index is 2.46.